The molecular formula is C14H19N3O2. The normalized spacial score (nSPS) is 11.8. The summed E-state index contributed by atoms with van der Waals surface area (Å²) in [5, 5.41) is 17.6. The van der Waals surface area contributed by atoms with E-state index in [1.165, 1.54) is 0 Å². The van der Waals surface area contributed by atoms with E-state index in [1.54, 1.807) is 18.7 Å². The smallest absolute Gasteiger partial charge is 0.275 e. The predicted octanol–water partition coefficient (Wildman–Crippen LogP) is 1.80. The summed E-state index contributed by atoms with van der Waals surface area (Å²) < 4.78 is 0. The average molecular weight is 261 g/mol. The van der Waals surface area contributed by atoms with Crippen molar-refractivity contribution in [3.8, 4) is 0 Å². The Labute approximate surface area is 112 Å². The number of para-hydroxylation sites is 1. The third kappa shape index (κ3) is 2.93. The molecule has 2 N–H and O–H groups in total. The number of aliphatic hydroxyl groups is 1. The average Bonchev–Trinajstić information content (AvgIpc) is 2.78. The third-order valence-corrected chi connectivity index (χ3v) is 2.92. The number of rotatable bonds is 4. The highest BCUT2D eigenvalue weighted by atomic mass is 16.3. The zero-order chi connectivity index (χ0) is 14.0. The van der Waals surface area contributed by atoms with Gasteiger partial charge in [-0.05, 0) is 26.8 Å². The number of likely N-dealkylation sites (N-methyl/N-ethyl adjacent to an activating group) is 1. The number of nitrogens with one attached hydrogen (secondary N) is 1. The first kappa shape index (κ1) is 13.5. The van der Waals surface area contributed by atoms with Gasteiger partial charge in [-0.1, -0.05) is 18.2 Å². The summed E-state index contributed by atoms with van der Waals surface area (Å²) in [6.45, 7) is 6.07. The second-order valence-electron chi connectivity index (χ2n) is 5.25. The number of H-pyrrole nitrogens is 1. The lowest BCUT2D eigenvalue weighted by molar-refractivity contribution is 0.0312. The fourth-order valence-corrected chi connectivity index (χ4v) is 2.07. The molecule has 0 bridgehead atoms. The van der Waals surface area contributed by atoms with Crippen LogP contribution in [0.25, 0.3) is 10.9 Å². The van der Waals surface area contributed by atoms with Gasteiger partial charge >= 0.3 is 0 Å². The zero-order valence-electron chi connectivity index (χ0n) is 11.5. The maximum atomic E-state index is 12.5. The molecule has 0 fully saturated rings. The van der Waals surface area contributed by atoms with E-state index in [9.17, 15) is 9.90 Å². The summed E-state index contributed by atoms with van der Waals surface area (Å²) in [5.41, 5.74) is 0.324. The molecule has 102 valence electrons. The highest BCUT2D eigenvalue weighted by Crippen LogP contribution is 2.17. The molecule has 5 heteroatoms. The molecule has 0 spiro atoms. The molecule has 1 aromatic carbocycles. The van der Waals surface area contributed by atoms with E-state index in [4.69, 9.17) is 0 Å². The molecule has 1 amide bonds. The Morgan fingerprint density at radius 3 is 2.74 bits per heavy atom. The summed E-state index contributed by atoms with van der Waals surface area (Å²) >= 11 is 0. The summed E-state index contributed by atoms with van der Waals surface area (Å²) in [5.74, 6) is -0.165. The summed E-state index contributed by atoms with van der Waals surface area (Å²) in [4.78, 5) is 14.1. The van der Waals surface area contributed by atoms with Crippen molar-refractivity contribution in [3.63, 3.8) is 0 Å². The molecule has 0 saturated heterocycles. The summed E-state index contributed by atoms with van der Waals surface area (Å²) in [6, 6.07) is 7.51. The minimum atomic E-state index is -0.919. The van der Waals surface area contributed by atoms with Crippen molar-refractivity contribution >= 4 is 16.8 Å². The zero-order valence-corrected chi connectivity index (χ0v) is 11.5. The molecule has 2 rings (SSSR count). The number of aromatic nitrogens is 2. The van der Waals surface area contributed by atoms with E-state index in [-0.39, 0.29) is 12.5 Å². The summed E-state index contributed by atoms with van der Waals surface area (Å²) in [6.07, 6.45) is 0. The Hall–Kier alpha value is -1.88. The first-order valence-corrected chi connectivity index (χ1v) is 6.37. The van der Waals surface area contributed by atoms with E-state index in [2.05, 4.69) is 10.2 Å². The molecule has 1 heterocycles. The third-order valence-electron chi connectivity index (χ3n) is 2.92. The van der Waals surface area contributed by atoms with Crippen molar-refractivity contribution < 1.29 is 9.90 Å². The van der Waals surface area contributed by atoms with Crippen LogP contribution < -0.4 is 0 Å². The molecular weight excluding hydrogens is 242 g/mol. The minimum Gasteiger partial charge on any atom is -0.389 e. The van der Waals surface area contributed by atoms with Gasteiger partial charge in [-0.2, -0.15) is 5.10 Å². The molecule has 0 aliphatic rings. The van der Waals surface area contributed by atoms with Gasteiger partial charge in [0.15, 0.2) is 5.69 Å². The molecule has 0 atom stereocenters. The van der Waals surface area contributed by atoms with Crippen molar-refractivity contribution in [1.82, 2.24) is 15.1 Å². The first-order chi connectivity index (χ1) is 8.92. The van der Waals surface area contributed by atoms with Crippen LogP contribution in [0, 0.1) is 0 Å². The van der Waals surface area contributed by atoms with Crippen molar-refractivity contribution in [2.45, 2.75) is 26.4 Å². The Balaban J connectivity index is 2.32. The Morgan fingerprint density at radius 1 is 1.42 bits per heavy atom. The lowest BCUT2D eigenvalue weighted by Crippen LogP contribution is -2.42. The van der Waals surface area contributed by atoms with Crippen LogP contribution in [0.15, 0.2) is 24.3 Å². The molecule has 5 nitrogen and oxygen atoms in total. The van der Waals surface area contributed by atoms with E-state index in [0.29, 0.717) is 12.2 Å². The fourth-order valence-electron chi connectivity index (χ4n) is 2.07. The van der Waals surface area contributed by atoms with E-state index >= 15 is 0 Å². The first-order valence-electron chi connectivity index (χ1n) is 6.37. The van der Waals surface area contributed by atoms with E-state index in [1.807, 2.05) is 31.2 Å². The molecule has 0 saturated carbocycles. The molecule has 0 aliphatic carbocycles. The number of hydrogen-bond donors (Lipinski definition) is 2. The standard InChI is InChI=1S/C14H19N3O2/c1-4-17(9-14(2,3)19)13(18)12-10-7-5-6-8-11(10)15-16-12/h5-8,19H,4,9H2,1-3H3,(H,15,16). The van der Waals surface area contributed by atoms with Crippen LogP contribution in [0.1, 0.15) is 31.3 Å². The van der Waals surface area contributed by atoms with Gasteiger partial charge < -0.3 is 10.0 Å². The molecule has 2 aromatic rings. The van der Waals surface area contributed by atoms with Gasteiger partial charge in [-0.15, -0.1) is 0 Å². The Kier molecular flexibility index (Phi) is 3.57. The van der Waals surface area contributed by atoms with Crippen molar-refractivity contribution in [3.05, 3.63) is 30.0 Å². The lowest BCUT2D eigenvalue weighted by Gasteiger charge is -2.27. The monoisotopic (exact) mass is 261 g/mol. The number of hydrogen-bond acceptors (Lipinski definition) is 3. The largest absolute Gasteiger partial charge is 0.389 e. The quantitative estimate of drug-likeness (QED) is 0.881. The van der Waals surface area contributed by atoms with Crippen LogP contribution in [-0.4, -0.2) is 44.8 Å². The van der Waals surface area contributed by atoms with Crippen LogP contribution >= 0.6 is 0 Å². The molecule has 0 aliphatic heterocycles. The Morgan fingerprint density at radius 2 is 2.11 bits per heavy atom. The number of nitrogens with zero attached hydrogens (tertiary/aromatic N) is 2. The Bertz CT molecular complexity index is 584. The second kappa shape index (κ2) is 5.01. The van der Waals surface area contributed by atoms with Crippen LogP contribution in [0.3, 0.4) is 0 Å². The molecule has 19 heavy (non-hydrogen) atoms. The van der Waals surface area contributed by atoms with Crippen molar-refractivity contribution in [1.29, 1.82) is 0 Å². The van der Waals surface area contributed by atoms with Crippen molar-refractivity contribution in [2.75, 3.05) is 13.1 Å². The SMILES string of the molecule is CCN(CC(C)(C)O)C(=O)c1n[nH]c2ccccc12. The minimum absolute atomic E-state index is 0.165. The van der Waals surface area contributed by atoms with Crippen LogP contribution in [0.5, 0.6) is 0 Å². The molecule has 0 unspecified atom stereocenters. The topological polar surface area (TPSA) is 69.2 Å². The number of fused-ring (bicyclic) bond motifs is 1. The maximum absolute atomic E-state index is 12.5. The number of benzene rings is 1. The van der Waals surface area contributed by atoms with E-state index < -0.39 is 5.60 Å². The second-order valence-corrected chi connectivity index (χ2v) is 5.25. The van der Waals surface area contributed by atoms with Gasteiger partial charge in [-0.25, -0.2) is 0 Å². The molecule has 1 aromatic heterocycles. The number of aromatic amines is 1. The highest BCUT2D eigenvalue weighted by Gasteiger charge is 2.24. The van der Waals surface area contributed by atoms with Gasteiger partial charge in [0.1, 0.15) is 0 Å². The summed E-state index contributed by atoms with van der Waals surface area (Å²) in [7, 11) is 0. The fraction of sp³-hybridized carbons (Fsp3) is 0.429. The van der Waals surface area contributed by atoms with Crippen LogP contribution in [0.4, 0.5) is 0 Å². The van der Waals surface area contributed by atoms with Crippen LogP contribution in [-0.2, 0) is 0 Å². The van der Waals surface area contributed by atoms with Gasteiger partial charge in [0.05, 0.1) is 11.1 Å². The van der Waals surface area contributed by atoms with Crippen molar-refractivity contribution in [2.24, 2.45) is 0 Å². The van der Waals surface area contributed by atoms with Gasteiger partial charge in [0.25, 0.3) is 5.91 Å². The predicted molar refractivity (Wildman–Crippen MR) is 74.0 cm³/mol. The number of carbonyl (C=O) groups excluding carboxylic acids is 1. The number of amides is 1. The number of carbonyl (C=O) groups is 1. The van der Waals surface area contributed by atoms with Crippen LogP contribution in [0.2, 0.25) is 0 Å². The van der Waals surface area contributed by atoms with Gasteiger partial charge in [0.2, 0.25) is 0 Å². The highest BCUT2D eigenvalue weighted by molar-refractivity contribution is 6.04. The molecule has 0 radical (unpaired) electrons. The maximum Gasteiger partial charge on any atom is 0.275 e. The van der Waals surface area contributed by atoms with Gasteiger partial charge in [0, 0.05) is 18.5 Å². The lowest BCUT2D eigenvalue weighted by atomic mass is 10.1. The van der Waals surface area contributed by atoms with E-state index in [0.717, 1.165) is 10.9 Å². The van der Waals surface area contributed by atoms with Gasteiger partial charge in [-0.3, -0.25) is 9.89 Å².